The Labute approximate surface area is 199 Å². The average Bonchev–Trinajstić information content (AvgIpc) is 3.70. The molecule has 1 aliphatic carbocycles. The van der Waals surface area contributed by atoms with Crippen molar-refractivity contribution in [3.05, 3.63) is 72.2 Å². The lowest BCUT2D eigenvalue weighted by molar-refractivity contribution is -0.117. The van der Waals surface area contributed by atoms with Crippen LogP contribution in [0.15, 0.2) is 60.8 Å². The number of nitrogens with zero attached hydrogens (tertiary/aromatic N) is 3. The molecule has 5 rings (SSSR count). The summed E-state index contributed by atoms with van der Waals surface area (Å²) in [5.41, 5.74) is 4.69. The molecule has 2 amide bonds. The number of aromatic nitrogens is 2. The largest absolute Gasteiger partial charge is 0.376 e. The molecule has 3 aromatic rings. The smallest absolute Gasteiger partial charge is 0.269 e. The number of para-hydroxylation sites is 1. The van der Waals surface area contributed by atoms with Crippen LogP contribution in [0.2, 0.25) is 0 Å². The van der Waals surface area contributed by atoms with Gasteiger partial charge in [-0.15, -0.1) is 0 Å². The molecular formula is C27H29N5O2. The van der Waals surface area contributed by atoms with E-state index in [1.807, 2.05) is 41.3 Å². The molecule has 0 bridgehead atoms. The monoisotopic (exact) mass is 455 g/mol. The first kappa shape index (κ1) is 22.1. The minimum atomic E-state index is -0.228. The molecule has 174 valence electrons. The van der Waals surface area contributed by atoms with E-state index >= 15 is 0 Å². The van der Waals surface area contributed by atoms with Crippen LogP contribution in [-0.2, 0) is 4.79 Å². The predicted octanol–water partition coefficient (Wildman–Crippen LogP) is 4.44. The van der Waals surface area contributed by atoms with Crippen LogP contribution in [0.25, 0.3) is 11.3 Å². The number of nitrogens with one attached hydrogen (secondary N) is 2. The zero-order valence-corrected chi connectivity index (χ0v) is 19.7. The van der Waals surface area contributed by atoms with Crippen molar-refractivity contribution >= 4 is 23.2 Å². The molecule has 2 aromatic heterocycles. The van der Waals surface area contributed by atoms with Crippen molar-refractivity contribution in [3.8, 4) is 11.3 Å². The van der Waals surface area contributed by atoms with Crippen molar-refractivity contribution in [2.45, 2.75) is 38.8 Å². The second-order valence-electron chi connectivity index (χ2n) is 9.18. The minimum Gasteiger partial charge on any atom is -0.376 e. The third kappa shape index (κ3) is 4.02. The number of carbonyl (C=O) groups is 2. The van der Waals surface area contributed by atoms with E-state index in [4.69, 9.17) is 4.98 Å². The second-order valence-corrected chi connectivity index (χ2v) is 9.18. The summed E-state index contributed by atoms with van der Waals surface area (Å²) in [5.74, 6) is 0.525. The maximum atomic E-state index is 12.8. The van der Waals surface area contributed by atoms with Crippen molar-refractivity contribution in [1.82, 2.24) is 15.3 Å². The molecular weight excluding hydrogens is 426 g/mol. The maximum absolute atomic E-state index is 12.8. The number of pyridine rings is 2. The predicted molar refractivity (Wildman–Crippen MR) is 132 cm³/mol. The van der Waals surface area contributed by atoms with Gasteiger partial charge in [0.05, 0.1) is 23.1 Å². The first-order valence-electron chi connectivity index (χ1n) is 11.8. The van der Waals surface area contributed by atoms with Crippen LogP contribution < -0.4 is 15.5 Å². The fourth-order valence-corrected chi connectivity index (χ4v) is 5.08. The third-order valence-electron chi connectivity index (χ3n) is 6.88. The van der Waals surface area contributed by atoms with Gasteiger partial charge in [0.15, 0.2) is 0 Å². The Kier molecular flexibility index (Phi) is 5.77. The number of carbonyl (C=O) groups excluding carboxylic acids is 2. The Balaban J connectivity index is 1.59. The van der Waals surface area contributed by atoms with Gasteiger partial charge in [-0.2, -0.15) is 0 Å². The fraction of sp³-hybridized carbons (Fsp3) is 0.333. The van der Waals surface area contributed by atoms with Crippen LogP contribution in [0.1, 0.15) is 48.9 Å². The van der Waals surface area contributed by atoms with Crippen LogP contribution in [-0.4, -0.2) is 34.9 Å². The van der Waals surface area contributed by atoms with Gasteiger partial charge in [0.1, 0.15) is 5.69 Å². The summed E-state index contributed by atoms with van der Waals surface area (Å²) >= 11 is 0. The van der Waals surface area contributed by atoms with Gasteiger partial charge >= 0.3 is 0 Å². The van der Waals surface area contributed by atoms with E-state index < -0.39 is 0 Å². The lowest BCUT2D eigenvalue weighted by Gasteiger charge is -2.45. The SMILES string of the molecule is CNC(=O)c1ccc(-c2ccc3c(n2)[C@H](Nc2ccccc2)[C@@H](C)C(C2CC2)N3C(C)=O)cn1. The molecule has 3 heterocycles. The molecule has 1 aromatic carbocycles. The number of amides is 2. The van der Waals surface area contributed by atoms with Gasteiger partial charge in [-0.25, -0.2) is 4.98 Å². The van der Waals surface area contributed by atoms with E-state index in [9.17, 15) is 9.59 Å². The number of benzene rings is 1. The van der Waals surface area contributed by atoms with E-state index in [-0.39, 0.29) is 29.8 Å². The van der Waals surface area contributed by atoms with E-state index in [1.165, 1.54) is 0 Å². The normalized spacial score (nSPS) is 21.5. The van der Waals surface area contributed by atoms with Crippen molar-refractivity contribution in [1.29, 1.82) is 0 Å². The van der Waals surface area contributed by atoms with Gasteiger partial charge in [0.25, 0.3) is 5.91 Å². The number of anilines is 2. The highest BCUT2D eigenvalue weighted by Crippen LogP contribution is 2.49. The van der Waals surface area contributed by atoms with Crippen molar-refractivity contribution in [3.63, 3.8) is 0 Å². The molecule has 0 saturated heterocycles. The highest BCUT2D eigenvalue weighted by Gasteiger charge is 2.48. The average molecular weight is 456 g/mol. The number of rotatable bonds is 5. The molecule has 2 aliphatic rings. The van der Waals surface area contributed by atoms with Crippen LogP contribution >= 0.6 is 0 Å². The molecule has 2 N–H and O–H groups in total. The molecule has 7 nitrogen and oxygen atoms in total. The van der Waals surface area contributed by atoms with Gasteiger partial charge in [0, 0.05) is 43.4 Å². The van der Waals surface area contributed by atoms with Gasteiger partial charge in [0.2, 0.25) is 5.91 Å². The van der Waals surface area contributed by atoms with E-state index in [0.29, 0.717) is 11.6 Å². The third-order valence-corrected chi connectivity index (χ3v) is 6.88. The Morgan fingerprint density at radius 2 is 1.79 bits per heavy atom. The molecule has 1 aliphatic heterocycles. The summed E-state index contributed by atoms with van der Waals surface area (Å²) in [6, 6.07) is 17.7. The minimum absolute atomic E-state index is 0.0448. The van der Waals surface area contributed by atoms with Crippen LogP contribution in [0.4, 0.5) is 11.4 Å². The first-order chi connectivity index (χ1) is 16.5. The summed E-state index contributed by atoms with van der Waals surface area (Å²) in [4.78, 5) is 36.0. The quantitative estimate of drug-likeness (QED) is 0.594. The van der Waals surface area contributed by atoms with Crippen LogP contribution in [0.3, 0.4) is 0 Å². The van der Waals surface area contributed by atoms with Gasteiger partial charge in [-0.3, -0.25) is 14.6 Å². The summed E-state index contributed by atoms with van der Waals surface area (Å²) in [5, 5.41) is 6.29. The molecule has 1 fully saturated rings. The maximum Gasteiger partial charge on any atom is 0.269 e. The second kappa shape index (κ2) is 8.89. The standard InChI is InChI=1S/C27H29N5O2/c1-16-24(30-20-7-5-4-6-8-20)25-23(32(17(2)33)26(16)18-9-10-18)14-13-21(31-25)19-11-12-22(29-15-19)27(34)28-3/h4-8,11-16,18,24,26,30H,9-10H2,1-3H3,(H,28,34)/t16-,24-,26?/m1/s1. The first-order valence-corrected chi connectivity index (χ1v) is 11.8. The Hall–Kier alpha value is -3.74. The summed E-state index contributed by atoms with van der Waals surface area (Å²) < 4.78 is 0. The molecule has 1 unspecified atom stereocenters. The van der Waals surface area contributed by atoms with E-state index in [1.54, 1.807) is 26.2 Å². The van der Waals surface area contributed by atoms with Crippen molar-refractivity contribution < 1.29 is 9.59 Å². The van der Waals surface area contributed by atoms with Crippen molar-refractivity contribution in [2.24, 2.45) is 11.8 Å². The number of hydrogen-bond acceptors (Lipinski definition) is 5. The molecule has 3 atom stereocenters. The van der Waals surface area contributed by atoms with Crippen LogP contribution in [0.5, 0.6) is 0 Å². The summed E-state index contributed by atoms with van der Waals surface area (Å²) in [6.45, 7) is 3.86. The topological polar surface area (TPSA) is 87.2 Å². The van der Waals surface area contributed by atoms with Gasteiger partial charge in [-0.1, -0.05) is 25.1 Å². The Morgan fingerprint density at radius 3 is 2.41 bits per heavy atom. The Bertz CT molecular complexity index is 1210. The zero-order valence-electron chi connectivity index (χ0n) is 19.7. The van der Waals surface area contributed by atoms with E-state index in [0.717, 1.165) is 41.2 Å². The summed E-state index contributed by atoms with van der Waals surface area (Å²) in [6.07, 6.45) is 3.98. The lowest BCUT2D eigenvalue weighted by Crippen LogP contribution is -2.51. The number of hydrogen-bond donors (Lipinski definition) is 2. The molecule has 0 radical (unpaired) electrons. The molecule has 7 heteroatoms. The molecule has 1 saturated carbocycles. The molecule has 0 spiro atoms. The van der Waals surface area contributed by atoms with Crippen molar-refractivity contribution in [2.75, 3.05) is 17.3 Å². The highest BCUT2D eigenvalue weighted by molar-refractivity contribution is 5.94. The van der Waals surface area contributed by atoms with Gasteiger partial charge < -0.3 is 15.5 Å². The fourth-order valence-electron chi connectivity index (χ4n) is 5.08. The lowest BCUT2D eigenvalue weighted by atomic mass is 9.82. The van der Waals surface area contributed by atoms with Crippen LogP contribution in [0, 0.1) is 11.8 Å². The number of fused-ring (bicyclic) bond motifs is 1. The zero-order chi connectivity index (χ0) is 23.8. The highest BCUT2D eigenvalue weighted by atomic mass is 16.2. The molecule has 34 heavy (non-hydrogen) atoms. The Morgan fingerprint density at radius 1 is 1.03 bits per heavy atom. The van der Waals surface area contributed by atoms with Gasteiger partial charge in [-0.05, 0) is 55.2 Å². The van der Waals surface area contributed by atoms with E-state index in [2.05, 4.69) is 34.7 Å². The summed E-state index contributed by atoms with van der Waals surface area (Å²) in [7, 11) is 1.58.